The molecule has 3 aromatic rings. The van der Waals surface area contributed by atoms with Crippen LogP contribution < -0.4 is 0 Å². The molecule has 1 aromatic heterocycles. The summed E-state index contributed by atoms with van der Waals surface area (Å²) in [6.45, 7) is 0. The van der Waals surface area contributed by atoms with E-state index < -0.39 is 5.97 Å². The van der Waals surface area contributed by atoms with E-state index in [1.54, 1.807) is 12.1 Å². The van der Waals surface area contributed by atoms with E-state index in [0.717, 1.165) is 28.5 Å². The normalized spacial score (nSPS) is 10.9. The Morgan fingerprint density at radius 1 is 1.19 bits per heavy atom. The molecule has 0 aliphatic rings. The van der Waals surface area contributed by atoms with Gasteiger partial charge >= 0.3 is 5.97 Å². The highest BCUT2D eigenvalue weighted by Crippen LogP contribution is 2.27. The maximum atomic E-state index is 13.1. The van der Waals surface area contributed by atoms with Gasteiger partial charge in [0, 0.05) is 5.69 Å². The van der Waals surface area contributed by atoms with E-state index in [9.17, 15) is 9.18 Å². The van der Waals surface area contributed by atoms with Gasteiger partial charge in [-0.3, -0.25) is 9.36 Å². The van der Waals surface area contributed by atoms with E-state index in [0.29, 0.717) is 5.16 Å². The van der Waals surface area contributed by atoms with Gasteiger partial charge in [-0.05, 0) is 36.4 Å². The summed E-state index contributed by atoms with van der Waals surface area (Å²) < 4.78 is 14.9. The molecule has 0 spiro atoms. The molecule has 0 saturated carbocycles. The van der Waals surface area contributed by atoms with Crippen molar-refractivity contribution < 1.29 is 14.3 Å². The average molecular weight is 302 g/mol. The third-order valence-electron chi connectivity index (χ3n) is 2.94. The van der Waals surface area contributed by atoms with Crippen LogP contribution in [0.4, 0.5) is 4.39 Å². The highest BCUT2D eigenvalue weighted by atomic mass is 32.2. The lowest BCUT2D eigenvalue weighted by atomic mass is 10.3. The molecular weight excluding hydrogens is 291 g/mol. The third-order valence-corrected chi connectivity index (χ3v) is 3.86. The van der Waals surface area contributed by atoms with Crippen LogP contribution in [-0.2, 0) is 4.79 Å². The largest absolute Gasteiger partial charge is 0.481 e. The van der Waals surface area contributed by atoms with Gasteiger partial charge in [0.15, 0.2) is 5.16 Å². The fourth-order valence-corrected chi connectivity index (χ4v) is 2.82. The molecule has 0 unspecified atom stereocenters. The third kappa shape index (κ3) is 2.75. The van der Waals surface area contributed by atoms with Crippen LogP contribution >= 0.6 is 11.8 Å². The Bertz CT molecular complexity index is 799. The number of aliphatic carboxylic acids is 1. The molecule has 0 bridgehead atoms. The van der Waals surface area contributed by atoms with Gasteiger partial charge in [0.2, 0.25) is 0 Å². The summed E-state index contributed by atoms with van der Waals surface area (Å²) in [4.78, 5) is 15.2. The van der Waals surface area contributed by atoms with Crippen molar-refractivity contribution in [2.75, 3.05) is 5.75 Å². The number of carbonyl (C=O) groups is 1. The Balaban J connectivity index is 2.15. The number of rotatable bonds is 4. The molecule has 1 N–H and O–H groups in total. The second-order valence-corrected chi connectivity index (χ2v) is 5.32. The van der Waals surface area contributed by atoms with Gasteiger partial charge in [-0.2, -0.15) is 0 Å². The molecule has 4 nitrogen and oxygen atoms in total. The number of aromatic nitrogens is 2. The highest BCUT2D eigenvalue weighted by molar-refractivity contribution is 7.99. The number of thioether (sulfide) groups is 1. The van der Waals surface area contributed by atoms with Crippen molar-refractivity contribution in [1.82, 2.24) is 9.55 Å². The van der Waals surface area contributed by atoms with E-state index in [4.69, 9.17) is 5.11 Å². The molecule has 0 aliphatic carbocycles. The van der Waals surface area contributed by atoms with Crippen LogP contribution in [0.25, 0.3) is 16.7 Å². The fourth-order valence-electron chi connectivity index (χ4n) is 2.07. The lowest BCUT2D eigenvalue weighted by molar-refractivity contribution is -0.133. The van der Waals surface area contributed by atoms with Crippen molar-refractivity contribution in [2.24, 2.45) is 0 Å². The van der Waals surface area contributed by atoms with Gasteiger partial charge in [0.25, 0.3) is 0 Å². The van der Waals surface area contributed by atoms with Crippen molar-refractivity contribution in [3.63, 3.8) is 0 Å². The molecule has 3 rings (SSSR count). The molecule has 0 radical (unpaired) electrons. The number of fused-ring (bicyclic) bond motifs is 1. The van der Waals surface area contributed by atoms with Crippen molar-refractivity contribution >= 4 is 28.8 Å². The molecule has 0 aliphatic heterocycles. The summed E-state index contributed by atoms with van der Waals surface area (Å²) in [6, 6.07) is 13.6. The van der Waals surface area contributed by atoms with Gasteiger partial charge in [-0.25, -0.2) is 9.37 Å². The fraction of sp³-hybridized carbons (Fsp3) is 0.0667. The summed E-state index contributed by atoms with van der Waals surface area (Å²) in [7, 11) is 0. The number of hydrogen-bond acceptors (Lipinski definition) is 3. The maximum Gasteiger partial charge on any atom is 0.313 e. The minimum Gasteiger partial charge on any atom is -0.481 e. The van der Waals surface area contributed by atoms with Crippen LogP contribution in [0.1, 0.15) is 0 Å². The first-order valence-corrected chi connectivity index (χ1v) is 7.22. The van der Waals surface area contributed by atoms with Gasteiger partial charge in [0.1, 0.15) is 5.82 Å². The predicted molar refractivity (Wildman–Crippen MR) is 79.4 cm³/mol. The highest BCUT2D eigenvalue weighted by Gasteiger charge is 2.13. The van der Waals surface area contributed by atoms with E-state index >= 15 is 0 Å². The van der Waals surface area contributed by atoms with Crippen LogP contribution in [0, 0.1) is 5.82 Å². The number of carboxylic acid groups (broad SMARTS) is 1. The summed E-state index contributed by atoms with van der Waals surface area (Å²) in [5, 5.41) is 9.41. The quantitative estimate of drug-likeness (QED) is 0.751. The monoisotopic (exact) mass is 302 g/mol. The molecule has 0 amide bonds. The van der Waals surface area contributed by atoms with E-state index in [1.165, 1.54) is 12.1 Å². The molecule has 0 fully saturated rings. The molecule has 0 atom stereocenters. The average Bonchev–Trinajstić information content (AvgIpc) is 2.84. The zero-order valence-electron chi connectivity index (χ0n) is 10.9. The Kier molecular flexibility index (Phi) is 3.62. The van der Waals surface area contributed by atoms with Gasteiger partial charge in [-0.1, -0.05) is 23.9 Å². The lowest BCUT2D eigenvalue weighted by Crippen LogP contribution is -2.01. The lowest BCUT2D eigenvalue weighted by Gasteiger charge is -2.08. The SMILES string of the molecule is O=C(O)CSc1nc2ccccc2n1-c1ccc(F)cc1. The number of carboxylic acids is 1. The van der Waals surface area contributed by atoms with E-state index in [-0.39, 0.29) is 11.6 Å². The Morgan fingerprint density at radius 2 is 1.90 bits per heavy atom. The second kappa shape index (κ2) is 5.57. The van der Waals surface area contributed by atoms with Crippen molar-refractivity contribution in [2.45, 2.75) is 5.16 Å². The number of imidazole rings is 1. The maximum absolute atomic E-state index is 13.1. The molecule has 106 valence electrons. The molecule has 2 aromatic carbocycles. The van der Waals surface area contributed by atoms with Gasteiger partial charge < -0.3 is 5.11 Å². The minimum atomic E-state index is -0.905. The minimum absolute atomic E-state index is 0.0789. The smallest absolute Gasteiger partial charge is 0.313 e. The Hall–Kier alpha value is -2.34. The number of nitrogens with zero attached hydrogens (tertiary/aromatic N) is 2. The van der Waals surface area contributed by atoms with E-state index in [1.807, 2.05) is 28.8 Å². The summed E-state index contributed by atoms with van der Waals surface area (Å²) in [6.07, 6.45) is 0. The Morgan fingerprint density at radius 3 is 2.62 bits per heavy atom. The molecule has 0 saturated heterocycles. The van der Waals surface area contributed by atoms with Crippen LogP contribution in [-0.4, -0.2) is 26.4 Å². The first-order chi connectivity index (χ1) is 10.1. The number of benzene rings is 2. The first kappa shape index (κ1) is 13.6. The second-order valence-electron chi connectivity index (χ2n) is 4.38. The van der Waals surface area contributed by atoms with Crippen LogP contribution in [0.15, 0.2) is 53.7 Å². The van der Waals surface area contributed by atoms with Crippen LogP contribution in [0.5, 0.6) is 0 Å². The van der Waals surface area contributed by atoms with Crippen molar-refractivity contribution in [3.8, 4) is 5.69 Å². The molecular formula is C15H11FN2O2S. The number of hydrogen-bond donors (Lipinski definition) is 1. The van der Waals surface area contributed by atoms with Crippen molar-refractivity contribution in [3.05, 3.63) is 54.3 Å². The zero-order valence-corrected chi connectivity index (χ0v) is 11.7. The van der Waals surface area contributed by atoms with Crippen LogP contribution in [0.2, 0.25) is 0 Å². The summed E-state index contributed by atoms with van der Waals surface area (Å²) in [5.41, 5.74) is 2.38. The predicted octanol–water partition coefficient (Wildman–Crippen LogP) is 3.34. The molecule has 1 heterocycles. The molecule has 21 heavy (non-hydrogen) atoms. The molecule has 6 heteroatoms. The van der Waals surface area contributed by atoms with Crippen LogP contribution in [0.3, 0.4) is 0 Å². The van der Waals surface area contributed by atoms with Crippen molar-refractivity contribution in [1.29, 1.82) is 0 Å². The summed E-state index contributed by atoms with van der Waals surface area (Å²) >= 11 is 1.14. The van der Waals surface area contributed by atoms with Gasteiger partial charge in [-0.15, -0.1) is 0 Å². The standard InChI is InChI=1S/C15H11FN2O2S/c16-10-5-7-11(8-6-10)18-13-4-2-1-3-12(13)17-15(18)21-9-14(19)20/h1-8H,9H2,(H,19,20). The topological polar surface area (TPSA) is 55.1 Å². The van der Waals surface area contributed by atoms with Gasteiger partial charge in [0.05, 0.1) is 16.8 Å². The summed E-state index contributed by atoms with van der Waals surface area (Å²) in [5.74, 6) is -1.30. The first-order valence-electron chi connectivity index (χ1n) is 6.23. The number of para-hydroxylation sites is 2. The zero-order chi connectivity index (χ0) is 14.8. The van der Waals surface area contributed by atoms with E-state index in [2.05, 4.69) is 4.98 Å². The Labute approximate surface area is 124 Å². The number of halogens is 1.